The van der Waals surface area contributed by atoms with Crippen LogP contribution < -0.4 is 10.1 Å². The Morgan fingerprint density at radius 2 is 2.17 bits per heavy atom. The predicted molar refractivity (Wildman–Crippen MR) is 90.2 cm³/mol. The van der Waals surface area contributed by atoms with Gasteiger partial charge in [0.1, 0.15) is 5.75 Å². The van der Waals surface area contributed by atoms with E-state index in [1.807, 2.05) is 11.0 Å². The first kappa shape index (κ1) is 14.6. The lowest BCUT2D eigenvalue weighted by Gasteiger charge is -2.29. The molecular weight excluding hydrogens is 304 g/mol. The summed E-state index contributed by atoms with van der Waals surface area (Å²) in [5, 5.41) is 13.6. The number of nitrogens with zero attached hydrogens (tertiary/aromatic N) is 1. The van der Waals surface area contributed by atoms with Crippen LogP contribution in [-0.2, 0) is 12.8 Å². The van der Waals surface area contributed by atoms with E-state index in [1.54, 1.807) is 7.11 Å². The van der Waals surface area contributed by atoms with Crippen LogP contribution in [-0.4, -0.2) is 41.8 Å². The maximum atomic E-state index is 13.0. The molecule has 5 heteroatoms. The first-order valence-electron chi connectivity index (χ1n) is 9.12. The molecule has 3 aliphatic carbocycles. The van der Waals surface area contributed by atoms with Gasteiger partial charge in [-0.05, 0) is 67.1 Å². The normalized spacial score (nSPS) is 35.4. The molecule has 24 heavy (non-hydrogen) atoms. The lowest BCUT2D eigenvalue weighted by molar-refractivity contribution is 0.0631. The minimum absolute atomic E-state index is 0.0107. The second kappa shape index (κ2) is 5.12. The fourth-order valence-corrected chi connectivity index (χ4v) is 5.78. The molecule has 0 unspecified atom stereocenters. The molecule has 1 aromatic rings. The van der Waals surface area contributed by atoms with Crippen LogP contribution in [0.2, 0.25) is 0 Å². The molecule has 1 aliphatic heterocycles. The van der Waals surface area contributed by atoms with Gasteiger partial charge in [0, 0.05) is 6.54 Å². The number of aryl methyl sites for hydroxylation is 1. The molecule has 0 radical (unpaired) electrons. The second-order valence-corrected chi connectivity index (χ2v) is 7.85. The number of fused-ring (bicyclic) bond motifs is 2. The molecule has 2 bridgehead atoms. The van der Waals surface area contributed by atoms with Gasteiger partial charge in [-0.25, -0.2) is 4.79 Å². The Morgan fingerprint density at radius 3 is 2.96 bits per heavy atom. The number of hydrogen-bond donors (Lipinski definition) is 2. The van der Waals surface area contributed by atoms with Crippen molar-refractivity contribution in [3.8, 4) is 5.75 Å². The van der Waals surface area contributed by atoms with E-state index in [-0.39, 0.29) is 18.2 Å². The van der Waals surface area contributed by atoms with Crippen molar-refractivity contribution >= 4 is 11.7 Å². The number of likely N-dealkylation sites (tertiary alicyclic amines) is 1. The van der Waals surface area contributed by atoms with Crippen LogP contribution in [0.4, 0.5) is 10.5 Å². The van der Waals surface area contributed by atoms with Gasteiger partial charge in [0.2, 0.25) is 0 Å². The number of nitrogens with one attached hydrogen (secondary N) is 1. The van der Waals surface area contributed by atoms with Crippen molar-refractivity contribution in [3.63, 3.8) is 0 Å². The van der Waals surface area contributed by atoms with Gasteiger partial charge in [-0.1, -0.05) is 6.07 Å². The number of carbonyl (C=O) groups excluding carboxylic acids is 1. The van der Waals surface area contributed by atoms with Gasteiger partial charge in [-0.15, -0.1) is 0 Å². The summed E-state index contributed by atoms with van der Waals surface area (Å²) in [4.78, 5) is 14.9. The average Bonchev–Trinajstić information content (AvgIpc) is 3.30. The van der Waals surface area contributed by atoms with Crippen LogP contribution in [0.15, 0.2) is 12.1 Å². The molecule has 2 N–H and O–H groups in total. The van der Waals surface area contributed by atoms with Crippen LogP contribution >= 0.6 is 0 Å². The molecule has 128 valence electrons. The number of urea groups is 1. The lowest BCUT2D eigenvalue weighted by atomic mass is 9.88. The maximum absolute atomic E-state index is 13.0. The number of hydrogen-bond acceptors (Lipinski definition) is 3. The number of carbonyl (C=O) groups is 1. The Labute approximate surface area is 142 Å². The summed E-state index contributed by atoms with van der Waals surface area (Å²) < 4.78 is 5.49. The third-order valence-corrected chi connectivity index (χ3v) is 6.81. The number of benzene rings is 1. The highest BCUT2D eigenvalue weighted by Crippen LogP contribution is 2.55. The van der Waals surface area contributed by atoms with E-state index in [9.17, 15) is 9.90 Å². The SMILES string of the molecule is COc1ccc2c(c1NC(=O)N1C[C@@H]3C[C@H]4C[C@H]3[C@@H]1[C@@H]4O)CCC2. The zero-order valence-corrected chi connectivity index (χ0v) is 14.0. The Hall–Kier alpha value is -1.75. The molecule has 2 saturated carbocycles. The van der Waals surface area contributed by atoms with Crippen molar-refractivity contribution < 1.29 is 14.6 Å². The van der Waals surface area contributed by atoms with E-state index in [1.165, 1.54) is 11.1 Å². The zero-order chi connectivity index (χ0) is 16.4. The van der Waals surface area contributed by atoms with E-state index in [4.69, 9.17) is 4.74 Å². The van der Waals surface area contributed by atoms with E-state index in [0.29, 0.717) is 17.8 Å². The summed E-state index contributed by atoms with van der Waals surface area (Å²) >= 11 is 0. The summed E-state index contributed by atoms with van der Waals surface area (Å²) in [5.74, 6) is 2.21. The first-order valence-corrected chi connectivity index (χ1v) is 9.12. The highest BCUT2D eigenvalue weighted by atomic mass is 16.5. The molecule has 2 amide bonds. The van der Waals surface area contributed by atoms with E-state index < -0.39 is 0 Å². The molecule has 5 atom stereocenters. The minimum Gasteiger partial charge on any atom is -0.495 e. The third kappa shape index (κ3) is 1.88. The maximum Gasteiger partial charge on any atom is 0.322 e. The molecule has 1 aromatic carbocycles. The number of aliphatic hydroxyl groups is 1. The number of ether oxygens (including phenoxy) is 1. The predicted octanol–water partition coefficient (Wildman–Crippen LogP) is 2.42. The van der Waals surface area contributed by atoms with Crippen molar-refractivity contribution in [2.24, 2.45) is 17.8 Å². The smallest absolute Gasteiger partial charge is 0.322 e. The van der Waals surface area contributed by atoms with Crippen LogP contribution in [0.25, 0.3) is 0 Å². The second-order valence-electron chi connectivity index (χ2n) is 7.85. The highest BCUT2D eigenvalue weighted by molar-refractivity contribution is 5.93. The third-order valence-electron chi connectivity index (χ3n) is 6.81. The molecule has 5 nitrogen and oxygen atoms in total. The first-order chi connectivity index (χ1) is 11.7. The van der Waals surface area contributed by atoms with Gasteiger partial charge in [0.15, 0.2) is 0 Å². The lowest BCUT2D eigenvalue weighted by Crippen LogP contribution is -2.45. The molecule has 3 fully saturated rings. The van der Waals surface area contributed by atoms with E-state index >= 15 is 0 Å². The van der Waals surface area contributed by atoms with Crippen molar-refractivity contribution in [1.82, 2.24) is 4.90 Å². The van der Waals surface area contributed by atoms with E-state index in [0.717, 1.165) is 50.1 Å². The molecule has 0 aromatic heterocycles. The van der Waals surface area contributed by atoms with Crippen molar-refractivity contribution in [1.29, 1.82) is 0 Å². The van der Waals surface area contributed by atoms with Crippen LogP contribution in [0.3, 0.4) is 0 Å². The fourth-order valence-electron chi connectivity index (χ4n) is 5.78. The Morgan fingerprint density at radius 1 is 1.29 bits per heavy atom. The average molecular weight is 328 g/mol. The molecule has 0 spiro atoms. The quantitative estimate of drug-likeness (QED) is 0.876. The number of amides is 2. The Bertz CT molecular complexity index is 702. The highest BCUT2D eigenvalue weighted by Gasteiger charge is 2.60. The van der Waals surface area contributed by atoms with Crippen LogP contribution in [0, 0.1) is 17.8 Å². The summed E-state index contributed by atoms with van der Waals surface area (Å²) in [5.41, 5.74) is 3.36. The van der Waals surface area contributed by atoms with Crippen molar-refractivity contribution in [3.05, 3.63) is 23.3 Å². The summed E-state index contributed by atoms with van der Waals surface area (Å²) in [6, 6.07) is 4.00. The standard InChI is InChI=1S/C19H24N2O3/c1-24-15-6-5-10-3-2-4-13(10)16(15)20-19(23)21-9-12-7-11-8-14(12)17(21)18(11)22/h5-6,11-12,14,17-18,22H,2-4,7-9H2,1H3,(H,20,23)/t11-,12-,14+,17+,18+/m0/s1. The fraction of sp³-hybridized carbons (Fsp3) is 0.632. The largest absolute Gasteiger partial charge is 0.495 e. The van der Waals surface area contributed by atoms with Gasteiger partial charge >= 0.3 is 6.03 Å². The molecule has 1 heterocycles. The number of methoxy groups -OCH3 is 1. The zero-order valence-electron chi connectivity index (χ0n) is 14.0. The van der Waals surface area contributed by atoms with Crippen LogP contribution in [0.5, 0.6) is 5.75 Å². The Balaban J connectivity index is 1.43. The van der Waals surface area contributed by atoms with Crippen LogP contribution in [0.1, 0.15) is 30.4 Å². The minimum atomic E-state index is -0.345. The van der Waals surface area contributed by atoms with Gasteiger partial charge in [0.05, 0.1) is 24.9 Å². The van der Waals surface area contributed by atoms with Gasteiger partial charge in [-0.3, -0.25) is 0 Å². The summed E-state index contributed by atoms with van der Waals surface area (Å²) in [7, 11) is 1.65. The monoisotopic (exact) mass is 328 g/mol. The van der Waals surface area contributed by atoms with Crippen molar-refractivity contribution in [2.45, 2.75) is 44.2 Å². The van der Waals surface area contributed by atoms with Gasteiger partial charge in [0.25, 0.3) is 0 Å². The molecule has 4 aliphatic rings. The summed E-state index contributed by atoms with van der Waals surface area (Å²) in [6.07, 6.45) is 5.01. The molecule has 5 rings (SSSR count). The molecule has 1 saturated heterocycles. The number of rotatable bonds is 2. The van der Waals surface area contributed by atoms with E-state index in [2.05, 4.69) is 11.4 Å². The number of anilines is 1. The number of aliphatic hydroxyl groups excluding tert-OH is 1. The van der Waals surface area contributed by atoms with Gasteiger partial charge < -0.3 is 20.1 Å². The summed E-state index contributed by atoms with van der Waals surface area (Å²) in [6.45, 7) is 0.784. The molecular formula is C19H24N2O3. The Kier molecular flexibility index (Phi) is 3.11. The van der Waals surface area contributed by atoms with Crippen molar-refractivity contribution in [2.75, 3.05) is 19.0 Å². The van der Waals surface area contributed by atoms with Gasteiger partial charge in [-0.2, -0.15) is 0 Å². The topological polar surface area (TPSA) is 61.8 Å².